The molecule has 0 spiro atoms. The summed E-state index contributed by atoms with van der Waals surface area (Å²) in [6.45, 7) is 9.88. The molecule has 0 aliphatic rings. The topological polar surface area (TPSA) is 77.2 Å². The standard InChI is InChI=1S/C27H35N3O3S/c1-5-6-11-21-16-20(4)17-25(26(21)31)30-28-23-13-12-22(18-24(23)29-30)34-15-10-8-7-9-14-33-27(32)19(2)3/h12-13,16-18,31H,2,5-11,14-15H2,1,3-4H3. The summed E-state index contributed by atoms with van der Waals surface area (Å²) in [7, 11) is 0. The van der Waals surface area contributed by atoms with Gasteiger partial charge in [-0.2, -0.15) is 0 Å². The summed E-state index contributed by atoms with van der Waals surface area (Å²) in [4.78, 5) is 14.1. The molecule has 34 heavy (non-hydrogen) atoms. The molecule has 3 aromatic rings. The highest BCUT2D eigenvalue weighted by molar-refractivity contribution is 7.99. The fourth-order valence-electron chi connectivity index (χ4n) is 3.67. The molecule has 1 heterocycles. The van der Waals surface area contributed by atoms with Gasteiger partial charge in [0.25, 0.3) is 0 Å². The fraction of sp³-hybridized carbons (Fsp3) is 0.444. The smallest absolute Gasteiger partial charge is 0.333 e. The SMILES string of the molecule is C=C(C)C(=O)OCCCCCCSc1ccc2nn(-c3cc(C)cc(CCCC)c3O)nc2c1. The van der Waals surface area contributed by atoms with Crippen LogP contribution in [0.2, 0.25) is 0 Å². The van der Waals surface area contributed by atoms with Gasteiger partial charge >= 0.3 is 5.97 Å². The molecule has 0 bridgehead atoms. The average molecular weight is 482 g/mol. The number of aromatic hydroxyl groups is 1. The van der Waals surface area contributed by atoms with Gasteiger partial charge in [0.15, 0.2) is 0 Å². The summed E-state index contributed by atoms with van der Waals surface area (Å²) in [5.41, 5.74) is 4.74. The molecule has 0 aliphatic carbocycles. The summed E-state index contributed by atoms with van der Waals surface area (Å²) in [5, 5.41) is 20.1. The fourth-order valence-corrected chi connectivity index (χ4v) is 4.61. The van der Waals surface area contributed by atoms with Crippen molar-refractivity contribution in [2.24, 2.45) is 0 Å². The molecule has 0 atom stereocenters. The molecule has 0 amide bonds. The van der Waals surface area contributed by atoms with Crippen LogP contribution in [0.1, 0.15) is 63.5 Å². The Bertz CT molecular complexity index is 1140. The van der Waals surface area contributed by atoms with Crippen molar-refractivity contribution in [3.05, 3.63) is 53.6 Å². The Kier molecular flexibility index (Phi) is 9.57. The third-order valence-corrected chi connectivity index (χ3v) is 6.65. The molecule has 0 unspecified atom stereocenters. The summed E-state index contributed by atoms with van der Waals surface area (Å²) in [6.07, 6.45) is 7.08. The number of aromatic nitrogens is 3. The number of phenolic OH excluding ortho intramolecular Hbond substituents is 1. The number of rotatable bonds is 13. The van der Waals surface area contributed by atoms with Crippen molar-refractivity contribution in [3.63, 3.8) is 0 Å². The zero-order valence-corrected chi connectivity index (χ0v) is 21.3. The summed E-state index contributed by atoms with van der Waals surface area (Å²) >= 11 is 1.81. The van der Waals surface area contributed by atoms with E-state index in [-0.39, 0.29) is 11.7 Å². The normalized spacial score (nSPS) is 11.1. The molecule has 7 heteroatoms. The van der Waals surface area contributed by atoms with Gasteiger partial charge in [-0.25, -0.2) is 4.79 Å². The largest absolute Gasteiger partial charge is 0.505 e. The van der Waals surface area contributed by atoms with E-state index >= 15 is 0 Å². The Morgan fingerprint density at radius 3 is 2.62 bits per heavy atom. The molecule has 0 saturated carbocycles. The number of aryl methyl sites for hydroxylation is 2. The molecule has 2 aromatic carbocycles. The van der Waals surface area contributed by atoms with Crippen LogP contribution in [0.4, 0.5) is 0 Å². The number of fused-ring (bicyclic) bond motifs is 1. The number of phenols is 1. The molecular weight excluding hydrogens is 446 g/mol. The molecule has 182 valence electrons. The summed E-state index contributed by atoms with van der Waals surface area (Å²) < 4.78 is 5.12. The van der Waals surface area contributed by atoms with E-state index in [4.69, 9.17) is 4.74 Å². The van der Waals surface area contributed by atoms with Crippen LogP contribution in [0.5, 0.6) is 5.75 Å². The first-order chi connectivity index (χ1) is 16.4. The first kappa shape index (κ1) is 25.8. The van der Waals surface area contributed by atoms with Crippen LogP contribution >= 0.6 is 11.8 Å². The van der Waals surface area contributed by atoms with Crippen LogP contribution in [0.25, 0.3) is 16.7 Å². The van der Waals surface area contributed by atoms with Crippen LogP contribution in [-0.2, 0) is 16.0 Å². The monoisotopic (exact) mass is 481 g/mol. The third kappa shape index (κ3) is 7.10. The van der Waals surface area contributed by atoms with E-state index in [2.05, 4.69) is 35.8 Å². The number of esters is 1. The Labute approximate surface area is 206 Å². The first-order valence-corrected chi connectivity index (χ1v) is 13.0. The maximum absolute atomic E-state index is 11.3. The minimum Gasteiger partial charge on any atom is -0.505 e. The number of unbranched alkanes of at least 4 members (excludes halogenated alkanes) is 4. The van der Waals surface area contributed by atoms with Gasteiger partial charge in [0.05, 0.1) is 6.61 Å². The second-order valence-corrected chi connectivity index (χ2v) is 9.88. The Morgan fingerprint density at radius 2 is 1.85 bits per heavy atom. The van der Waals surface area contributed by atoms with Crippen molar-refractivity contribution in [1.82, 2.24) is 15.0 Å². The van der Waals surface area contributed by atoms with Crippen LogP contribution in [0.15, 0.2) is 47.4 Å². The molecule has 1 N–H and O–H groups in total. The number of hydrogen-bond acceptors (Lipinski definition) is 6. The van der Waals surface area contributed by atoms with Crippen molar-refractivity contribution in [1.29, 1.82) is 0 Å². The summed E-state index contributed by atoms with van der Waals surface area (Å²) in [6, 6.07) is 10.1. The van der Waals surface area contributed by atoms with Crippen molar-refractivity contribution in [2.45, 2.75) is 70.6 Å². The highest BCUT2D eigenvalue weighted by Gasteiger charge is 2.14. The van der Waals surface area contributed by atoms with Gasteiger partial charge in [-0.05, 0) is 80.7 Å². The van der Waals surface area contributed by atoms with Gasteiger partial charge in [-0.1, -0.05) is 38.8 Å². The second-order valence-electron chi connectivity index (χ2n) is 8.71. The maximum atomic E-state index is 11.3. The van der Waals surface area contributed by atoms with Crippen LogP contribution in [0.3, 0.4) is 0 Å². The van der Waals surface area contributed by atoms with E-state index < -0.39 is 0 Å². The molecule has 0 aliphatic heterocycles. The van der Waals surface area contributed by atoms with E-state index in [1.807, 2.05) is 25.1 Å². The predicted octanol–water partition coefficient (Wildman–Crippen LogP) is 6.55. The zero-order chi connectivity index (χ0) is 24.5. The lowest BCUT2D eigenvalue weighted by atomic mass is 10.0. The van der Waals surface area contributed by atoms with Gasteiger partial charge < -0.3 is 9.84 Å². The van der Waals surface area contributed by atoms with Gasteiger partial charge in [-0.3, -0.25) is 0 Å². The van der Waals surface area contributed by atoms with Crippen molar-refractivity contribution in [3.8, 4) is 11.4 Å². The average Bonchev–Trinajstić information content (AvgIpc) is 3.24. The lowest BCUT2D eigenvalue weighted by molar-refractivity contribution is -0.139. The number of ether oxygens (including phenoxy) is 1. The molecule has 0 radical (unpaired) electrons. The molecular formula is C27H35N3O3S. The van der Waals surface area contributed by atoms with Crippen LogP contribution in [0, 0.1) is 6.92 Å². The molecule has 0 saturated heterocycles. The highest BCUT2D eigenvalue weighted by atomic mass is 32.2. The van der Waals surface area contributed by atoms with Crippen LogP contribution < -0.4 is 0 Å². The van der Waals surface area contributed by atoms with E-state index in [0.29, 0.717) is 17.9 Å². The number of nitrogens with zero attached hydrogens (tertiary/aromatic N) is 3. The predicted molar refractivity (Wildman–Crippen MR) is 139 cm³/mol. The van der Waals surface area contributed by atoms with Crippen molar-refractivity contribution >= 4 is 28.8 Å². The van der Waals surface area contributed by atoms with Gasteiger partial charge in [0.1, 0.15) is 22.5 Å². The van der Waals surface area contributed by atoms with Crippen LogP contribution in [-0.4, -0.2) is 38.4 Å². The Balaban J connectivity index is 1.54. The highest BCUT2D eigenvalue weighted by Crippen LogP contribution is 2.30. The Morgan fingerprint density at radius 1 is 1.09 bits per heavy atom. The maximum Gasteiger partial charge on any atom is 0.333 e. The van der Waals surface area contributed by atoms with Gasteiger partial charge in [-0.15, -0.1) is 26.8 Å². The number of hydrogen-bond donors (Lipinski definition) is 1. The molecule has 3 rings (SSSR count). The van der Waals surface area contributed by atoms with E-state index in [0.717, 1.165) is 77.8 Å². The Hall–Kier alpha value is -2.80. The number of carbonyl (C=O) groups excluding carboxylic acids is 1. The van der Waals surface area contributed by atoms with Crippen molar-refractivity contribution in [2.75, 3.05) is 12.4 Å². The summed E-state index contributed by atoms with van der Waals surface area (Å²) in [5.74, 6) is 0.978. The minimum absolute atomic E-state index is 0.267. The number of carbonyl (C=O) groups is 1. The van der Waals surface area contributed by atoms with E-state index in [1.54, 1.807) is 23.5 Å². The van der Waals surface area contributed by atoms with Gasteiger partial charge in [0, 0.05) is 10.5 Å². The quantitative estimate of drug-likeness (QED) is 0.129. The van der Waals surface area contributed by atoms with Crippen molar-refractivity contribution < 1.29 is 14.6 Å². The lowest BCUT2D eigenvalue weighted by Crippen LogP contribution is -2.06. The number of benzene rings is 2. The zero-order valence-electron chi connectivity index (χ0n) is 20.5. The third-order valence-electron chi connectivity index (χ3n) is 5.57. The van der Waals surface area contributed by atoms with E-state index in [9.17, 15) is 9.90 Å². The van der Waals surface area contributed by atoms with Gasteiger partial charge in [0.2, 0.25) is 0 Å². The number of thioether (sulfide) groups is 1. The first-order valence-electron chi connectivity index (χ1n) is 12.0. The lowest BCUT2D eigenvalue weighted by Gasteiger charge is -2.10. The molecule has 1 aromatic heterocycles. The van der Waals surface area contributed by atoms with E-state index in [1.165, 1.54) is 0 Å². The molecule has 0 fully saturated rings. The second kappa shape index (κ2) is 12.6. The molecule has 6 nitrogen and oxygen atoms in total. The minimum atomic E-state index is -0.308.